The standard InChI is InChI=1S/C18H18N/c1-2-6-13(7-3-1)14-10-11-18-16(12-14)15-8-4-5-9-17(15)19-18/h4-5,8-13H,1-3,6-7H2. The highest BCUT2D eigenvalue weighted by Gasteiger charge is 2.22. The van der Waals surface area contributed by atoms with Crippen molar-refractivity contribution in [1.29, 1.82) is 0 Å². The maximum absolute atomic E-state index is 4.70. The molecular weight excluding hydrogens is 230 g/mol. The van der Waals surface area contributed by atoms with Crippen LogP contribution in [-0.4, -0.2) is 0 Å². The minimum atomic E-state index is 0.770. The highest BCUT2D eigenvalue weighted by atomic mass is 14.9. The number of rotatable bonds is 1. The number of hydrogen-bond acceptors (Lipinski definition) is 0. The fraction of sp³-hybridized carbons (Fsp3) is 0.333. The fourth-order valence-electron chi connectivity index (χ4n) is 3.49. The molecule has 0 N–H and O–H groups in total. The Morgan fingerprint density at radius 1 is 0.789 bits per heavy atom. The zero-order chi connectivity index (χ0) is 12.7. The van der Waals surface area contributed by atoms with Crippen molar-refractivity contribution in [1.82, 2.24) is 5.32 Å². The molecule has 1 radical (unpaired) electrons. The van der Waals surface area contributed by atoms with E-state index in [2.05, 4.69) is 42.5 Å². The normalized spacial score (nSPS) is 17.7. The van der Waals surface area contributed by atoms with E-state index >= 15 is 0 Å². The predicted octanol–water partition coefficient (Wildman–Crippen LogP) is 5.28. The second-order valence-electron chi connectivity index (χ2n) is 5.74. The highest BCUT2D eigenvalue weighted by molar-refractivity contribution is 5.90. The van der Waals surface area contributed by atoms with Crippen molar-refractivity contribution in [3.63, 3.8) is 0 Å². The number of hydrogen-bond donors (Lipinski definition) is 0. The first-order valence-corrected chi connectivity index (χ1v) is 7.37. The summed E-state index contributed by atoms with van der Waals surface area (Å²) in [5.74, 6) is 0.770. The molecule has 4 rings (SSSR count). The Balaban J connectivity index is 1.75. The monoisotopic (exact) mass is 248 g/mol. The van der Waals surface area contributed by atoms with Crippen LogP contribution >= 0.6 is 0 Å². The summed E-state index contributed by atoms with van der Waals surface area (Å²) >= 11 is 0. The van der Waals surface area contributed by atoms with E-state index < -0.39 is 0 Å². The molecule has 1 aliphatic carbocycles. The summed E-state index contributed by atoms with van der Waals surface area (Å²) in [6.07, 6.45) is 6.92. The third kappa shape index (κ3) is 1.85. The largest absolute Gasteiger partial charge is 0.248 e. The predicted molar refractivity (Wildman–Crippen MR) is 79.2 cm³/mol. The molecule has 2 aliphatic rings. The van der Waals surface area contributed by atoms with Crippen molar-refractivity contribution < 1.29 is 0 Å². The van der Waals surface area contributed by atoms with E-state index in [1.54, 1.807) is 0 Å². The molecule has 0 saturated heterocycles. The van der Waals surface area contributed by atoms with Gasteiger partial charge in [0, 0.05) is 11.1 Å². The maximum atomic E-state index is 4.70. The maximum Gasteiger partial charge on any atom is 0.0716 e. The molecule has 1 fully saturated rings. The molecule has 1 aliphatic heterocycles. The average Bonchev–Trinajstić information content (AvgIpc) is 2.86. The molecule has 2 aromatic rings. The molecular formula is C18H18N. The lowest BCUT2D eigenvalue weighted by molar-refractivity contribution is 0.444. The van der Waals surface area contributed by atoms with E-state index in [0.29, 0.717) is 0 Å². The van der Waals surface area contributed by atoms with E-state index in [4.69, 9.17) is 5.32 Å². The van der Waals surface area contributed by atoms with Crippen molar-refractivity contribution in [3.8, 4) is 11.1 Å². The lowest BCUT2D eigenvalue weighted by Crippen LogP contribution is -2.04. The van der Waals surface area contributed by atoms with Gasteiger partial charge in [-0.05, 0) is 42.5 Å². The smallest absolute Gasteiger partial charge is 0.0716 e. The second-order valence-corrected chi connectivity index (χ2v) is 5.74. The molecule has 0 aromatic heterocycles. The molecule has 1 heteroatoms. The zero-order valence-corrected chi connectivity index (χ0v) is 11.1. The van der Waals surface area contributed by atoms with Gasteiger partial charge in [0.1, 0.15) is 0 Å². The zero-order valence-electron chi connectivity index (χ0n) is 11.1. The van der Waals surface area contributed by atoms with Crippen molar-refractivity contribution in [2.45, 2.75) is 38.0 Å². The molecule has 19 heavy (non-hydrogen) atoms. The van der Waals surface area contributed by atoms with Crippen molar-refractivity contribution >= 4 is 11.4 Å². The third-order valence-electron chi connectivity index (χ3n) is 4.53. The van der Waals surface area contributed by atoms with Gasteiger partial charge in [0.05, 0.1) is 11.4 Å². The van der Waals surface area contributed by atoms with E-state index in [1.807, 2.05) is 0 Å². The van der Waals surface area contributed by atoms with Crippen LogP contribution < -0.4 is 5.32 Å². The van der Waals surface area contributed by atoms with E-state index in [-0.39, 0.29) is 0 Å². The van der Waals surface area contributed by atoms with Gasteiger partial charge in [0.25, 0.3) is 0 Å². The van der Waals surface area contributed by atoms with Crippen LogP contribution in [0.4, 0.5) is 11.4 Å². The molecule has 0 spiro atoms. The minimum Gasteiger partial charge on any atom is -0.248 e. The first kappa shape index (κ1) is 11.1. The van der Waals surface area contributed by atoms with Crippen LogP contribution in [-0.2, 0) is 0 Å². The van der Waals surface area contributed by atoms with Crippen LogP contribution in [0.5, 0.6) is 0 Å². The van der Waals surface area contributed by atoms with Crippen LogP contribution in [0.1, 0.15) is 43.6 Å². The van der Waals surface area contributed by atoms with Gasteiger partial charge >= 0.3 is 0 Å². The third-order valence-corrected chi connectivity index (χ3v) is 4.53. The van der Waals surface area contributed by atoms with Crippen LogP contribution in [0.15, 0.2) is 42.5 Å². The molecule has 1 saturated carbocycles. The Labute approximate surface area is 114 Å². The summed E-state index contributed by atoms with van der Waals surface area (Å²) in [4.78, 5) is 0. The topological polar surface area (TPSA) is 14.1 Å². The summed E-state index contributed by atoms with van der Waals surface area (Å²) in [7, 11) is 0. The van der Waals surface area contributed by atoms with Gasteiger partial charge in [-0.25, -0.2) is 5.32 Å². The molecule has 0 bridgehead atoms. The van der Waals surface area contributed by atoms with Crippen LogP contribution in [0.3, 0.4) is 0 Å². The highest BCUT2D eigenvalue weighted by Crippen LogP contribution is 2.44. The van der Waals surface area contributed by atoms with Crippen molar-refractivity contribution in [2.75, 3.05) is 0 Å². The quantitative estimate of drug-likeness (QED) is 0.556. The first-order valence-electron chi connectivity index (χ1n) is 7.37. The number of nitrogens with zero attached hydrogens (tertiary/aromatic N) is 1. The first-order chi connectivity index (χ1) is 9.42. The van der Waals surface area contributed by atoms with E-state index in [9.17, 15) is 0 Å². The van der Waals surface area contributed by atoms with Crippen LogP contribution in [0, 0.1) is 0 Å². The van der Waals surface area contributed by atoms with Gasteiger partial charge < -0.3 is 0 Å². The molecule has 0 atom stereocenters. The van der Waals surface area contributed by atoms with Gasteiger partial charge in [0.15, 0.2) is 0 Å². The van der Waals surface area contributed by atoms with Crippen LogP contribution in [0.2, 0.25) is 0 Å². The summed E-state index contributed by atoms with van der Waals surface area (Å²) in [5.41, 5.74) is 6.42. The number of fused-ring (bicyclic) bond motifs is 3. The molecule has 0 unspecified atom stereocenters. The molecule has 0 amide bonds. The van der Waals surface area contributed by atoms with Gasteiger partial charge in [-0.1, -0.05) is 43.5 Å². The summed E-state index contributed by atoms with van der Waals surface area (Å²) in [6.45, 7) is 0. The van der Waals surface area contributed by atoms with Gasteiger partial charge in [-0.15, -0.1) is 0 Å². The number of benzene rings is 2. The average molecular weight is 248 g/mol. The Bertz CT molecular complexity index is 609. The lowest BCUT2D eigenvalue weighted by atomic mass is 9.83. The summed E-state index contributed by atoms with van der Waals surface area (Å²) in [5, 5.41) is 4.70. The minimum absolute atomic E-state index is 0.770. The molecule has 2 aromatic carbocycles. The Hall–Kier alpha value is -1.76. The van der Waals surface area contributed by atoms with Gasteiger partial charge in [-0.3, -0.25) is 0 Å². The lowest BCUT2D eigenvalue weighted by Gasteiger charge is -2.22. The summed E-state index contributed by atoms with van der Waals surface area (Å²) in [6, 6.07) is 15.4. The Morgan fingerprint density at radius 2 is 1.58 bits per heavy atom. The molecule has 95 valence electrons. The second kappa shape index (κ2) is 4.41. The van der Waals surface area contributed by atoms with Crippen LogP contribution in [0.25, 0.3) is 11.1 Å². The van der Waals surface area contributed by atoms with E-state index in [0.717, 1.165) is 17.3 Å². The van der Waals surface area contributed by atoms with Crippen molar-refractivity contribution in [2.24, 2.45) is 0 Å². The number of para-hydroxylation sites is 1. The Morgan fingerprint density at radius 3 is 2.47 bits per heavy atom. The molecule has 1 nitrogen and oxygen atoms in total. The van der Waals surface area contributed by atoms with Crippen molar-refractivity contribution in [3.05, 3.63) is 48.0 Å². The van der Waals surface area contributed by atoms with Gasteiger partial charge in [0.2, 0.25) is 0 Å². The SMILES string of the molecule is c1ccc2c(c1)[N]c1ccc(C3CCCCC3)cc1-2. The van der Waals surface area contributed by atoms with Gasteiger partial charge in [-0.2, -0.15) is 0 Å². The van der Waals surface area contributed by atoms with E-state index in [1.165, 1.54) is 48.8 Å². The summed E-state index contributed by atoms with van der Waals surface area (Å²) < 4.78 is 0. The fourth-order valence-corrected chi connectivity index (χ4v) is 3.49. The molecule has 1 heterocycles. The Kier molecular flexibility index (Phi) is 2.58.